The maximum absolute atomic E-state index is 11.9. The van der Waals surface area contributed by atoms with E-state index in [4.69, 9.17) is 27.9 Å². The number of anilines is 1. The molecule has 2 N–H and O–H groups in total. The second kappa shape index (κ2) is 10.6. The first kappa shape index (κ1) is 22.3. The third kappa shape index (κ3) is 6.84. The van der Waals surface area contributed by atoms with Gasteiger partial charge in [0.1, 0.15) is 12.4 Å². The number of rotatable bonds is 6. The average molecular weight is 456 g/mol. The highest BCUT2D eigenvalue weighted by atomic mass is 35.5. The number of benzene rings is 3. The highest BCUT2D eigenvalue weighted by Crippen LogP contribution is 2.20. The number of hydrogen-bond acceptors (Lipinski definition) is 4. The van der Waals surface area contributed by atoms with Gasteiger partial charge in [0, 0.05) is 15.7 Å². The second-order valence-electron chi connectivity index (χ2n) is 6.60. The van der Waals surface area contributed by atoms with Crippen LogP contribution in [0.15, 0.2) is 71.8 Å². The number of hydrogen-bond donors (Lipinski definition) is 2. The minimum atomic E-state index is -0.893. The highest BCUT2D eigenvalue weighted by molar-refractivity contribution is 6.39. The van der Waals surface area contributed by atoms with Gasteiger partial charge >= 0.3 is 11.8 Å². The van der Waals surface area contributed by atoms with Crippen LogP contribution in [0.1, 0.15) is 16.7 Å². The number of nitrogens with zero attached hydrogens (tertiary/aromatic N) is 1. The van der Waals surface area contributed by atoms with Crippen molar-refractivity contribution in [3.8, 4) is 5.75 Å². The zero-order chi connectivity index (χ0) is 22.2. The lowest BCUT2D eigenvalue weighted by Crippen LogP contribution is -2.32. The van der Waals surface area contributed by atoms with E-state index in [1.54, 1.807) is 42.5 Å². The Hall–Kier alpha value is -3.35. The summed E-state index contributed by atoms with van der Waals surface area (Å²) in [4.78, 5) is 23.8. The van der Waals surface area contributed by atoms with Gasteiger partial charge in [0.05, 0.1) is 6.21 Å². The molecule has 6 nitrogen and oxygen atoms in total. The Morgan fingerprint density at radius 1 is 0.968 bits per heavy atom. The van der Waals surface area contributed by atoms with Gasteiger partial charge in [-0.05, 0) is 72.1 Å². The fourth-order valence-corrected chi connectivity index (χ4v) is 2.78. The molecule has 31 heavy (non-hydrogen) atoms. The summed E-state index contributed by atoms with van der Waals surface area (Å²) >= 11 is 11.9. The van der Waals surface area contributed by atoms with E-state index in [1.165, 1.54) is 6.21 Å². The molecule has 0 spiro atoms. The number of aryl methyl sites for hydroxylation is 1. The first-order valence-electron chi connectivity index (χ1n) is 9.28. The standard InChI is InChI=1S/C23H19Cl2N3O3/c1-15-2-9-19(12-21(15)25)27-22(29)23(30)28-26-13-16-5-10-20(11-6-16)31-14-17-3-7-18(24)8-4-17/h2-13H,14H2,1H3,(H,27,29)(H,28,30)/b26-13+. The van der Waals surface area contributed by atoms with Crippen LogP contribution in [-0.4, -0.2) is 18.0 Å². The number of amides is 2. The normalized spacial score (nSPS) is 10.7. The number of nitrogens with one attached hydrogen (secondary N) is 2. The zero-order valence-electron chi connectivity index (χ0n) is 16.6. The molecule has 0 aliphatic rings. The van der Waals surface area contributed by atoms with Crippen LogP contribution in [0.3, 0.4) is 0 Å². The van der Waals surface area contributed by atoms with E-state index in [-0.39, 0.29) is 0 Å². The lowest BCUT2D eigenvalue weighted by molar-refractivity contribution is -0.136. The molecular weight excluding hydrogens is 437 g/mol. The Balaban J connectivity index is 1.47. The molecule has 8 heteroatoms. The van der Waals surface area contributed by atoms with Crippen molar-refractivity contribution in [3.63, 3.8) is 0 Å². The monoisotopic (exact) mass is 455 g/mol. The Bertz CT molecular complexity index is 1100. The molecule has 3 aromatic carbocycles. The van der Waals surface area contributed by atoms with Gasteiger partial charge in [-0.25, -0.2) is 5.43 Å². The van der Waals surface area contributed by atoms with Gasteiger partial charge in [0.15, 0.2) is 0 Å². The van der Waals surface area contributed by atoms with Crippen LogP contribution in [0, 0.1) is 6.92 Å². The fraction of sp³-hybridized carbons (Fsp3) is 0.0870. The minimum Gasteiger partial charge on any atom is -0.489 e. The van der Waals surface area contributed by atoms with Crippen molar-refractivity contribution in [1.29, 1.82) is 0 Å². The molecule has 0 aliphatic carbocycles. The number of carbonyl (C=O) groups is 2. The van der Waals surface area contributed by atoms with E-state index in [0.717, 1.165) is 16.7 Å². The van der Waals surface area contributed by atoms with Gasteiger partial charge in [0.2, 0.25) is 0 Å². The summed E-state index contributed by atoms with van der Waals surface area (Å²) in [6.45, 7) is 2.26. The number of halogens is 2. The van der Waals surface area contributed by atoms with Crippen LogP contribution >= 0.6 is 23.2 Å². The summed E-state index contributed by atoms with van der Waals surface area (Å²) in [7, 11) is 0. The molecule has 0 aromatic heterocycles. The Morgan fingerprint density at radius 3 is 2.35 bits per heavy atom. The summed E-state index contributed by atoms with van der Waals surface area (Å²) in [6, 6.07) is 19.5. The Labute approximate surface area is 189 Å². The lowest BCUT2D eigenvalue weighted by Gasteiger charge is -2.07. The van der Waals surface area contributed by atoms with Gasteiger partial charge in [0.25, 0.3) is 0 Å². The first-order chi connectivity index (χ1) is 14.9. The molecule has 0 bridgehead atoms. The molecule has 3 aromatic rings. The molecule has 0 atom stereocenters. The third-order valence-corrected chi connectivity index (χ3v) is 4.87. The third-order valence-electron chi connectivity index (χ3n) is 4.21. The smallest absolute Gasteiger partial charge is 0.329 e. The number of hydrazone groups is 1. The van der Waals surface area contributed by atoms with Gasteiger partial charge in [-0.1, -0.05) is 41.4 Å². The van der Waals surface area contributed by atoms with Crippen LogP contribution in [0.4, 0.5) is 5.69 Å². The largest absolute Gasteiger partial charge is 0.489 e. The molecule has 0 radical (unpaired) electrons. The summed E-state index contributed by atoms with van der Waals surface area (Å²) < 4.78 is 5.71. The maximum atomic E-state index is 11.9. The van der Waals surface area contributed by atoms with Crippen LogP contribution in [0.25, 0.3) is 0 Å². The molecule has 0 fully saturated rings. The molecule has 2 amide bonds. The van der Waals surface area contributed by atoms with E-state index >= 15 is 0 Å². The molecule has 0 heterocycles. The van der Waals surface area contributed by atoms with Crippen LogP contribution in [0.2, 0.25) is 10.0 Å². The summed E-state index contributed by atoms with van der Waals surface area (Å²) in [5, 5.41) is 7.44. The first-order valence-corrected chi connectivity index (χ1v) is 10.0. The molecular formula is C23H19Cl2N3O3. The Morgan fingerprint density at radius 2 is 1.68 bits per heavy atom. The van der Waals surface area contributed by atoms with E-state index in [9.17, 15) is 9.59 Å². The lowest BCUT2D eigenvalue weighted by atomic mass is 10.2. The number of ether oxygens (including phenoxy) is 1. The van der Waals surface area contributed by atoms with Crippen molar-refractivity contribution in [2.75, 3.05) is 5.32 Å². The highest BCUT2D eigenvalue weighted by Gasteiger charge is 2.13. The van der Waals surface area contributed by atoms with Crippen molar-refractivity contribution < 1.29 is 14.3 Å². The fourth-order valence-electron chi connectivity index (χ4n) is 2.47. The van der Waals surface area contributed by atoms with Gasteiger partial charge < -0.3 is 10.1 Å². The van der Waals surface area contributed by atoms with Crippen molar-refractivity contribution in [3.05, 3.63) is 93.5 Å². The second-order valence-corrected chi connectivity index (χ2v) is 7.45. The van der Waals surface area contributed by atoms with Gasteiger partial charge in [-0.2, -0.15) is 5.10 Å². The van der Waals surface area contributed by atoms with E-state index in [2.05, 4.69) is 15.8 Å². The average Bonchev–Trinajstić information content (AvgIpc) is 2.76. The molecule has 0 saturated heterocycles. The van der Waals surface area contributed by atoms with Crippen LogP contribution in [-0.2, 0) is 16.2 Å². The summed E-state index contributed by atoms with van der Waals surface area (Å²) in [5.41, 5.74) is 5.21. The predicted octanol–water partition coefficient (Wildman–Crippen LogP) is 4.97. The molecule has 0 saturated carbocycles. The van der Waals surface area contributed by atoms with Crippen molar-refractivity contribution in [2.24, 2.45) is 5.10 Å². The van der Waals surface area contributed by atoms with Gasteiger partial charge in [-0.3, -0.25) is 9.59 Å². The van der Waals surface area contributed by atoms with Crippen molar-refractivity contribution in [2.45, 2.75) is 13.5 Å². The maximum Gasteiger partial charge on any atom is 0.329 e. The van der Waals surface area contributed by atoms with Crippen molar-refractivity contribution >= 4 is 46.9 Å². The summed E-state index contributed by atoms with van der Waals surface area (Å²) in [6.07, 6.45) is 1.43. The number of carbonyl (C=O) groups excluding carboxylic acids is 2. The van der Waals surface area contributed by atoms with E-state index in [0.29, 0.717) is 28.1 Å². The predicted molar refractivity (Wildman–Crippen MR) is 123 cm³/mol. The molecule has 3 rings (SSSR count). The SMILES string of the molecule is Cc1ccc(NC(=O)C(=O)N/N=C/c2ccc(OCc3ccc(Cl)cc3)cc2)cc1Cl. The quantitative estimate of drug-likeness (QED) is 0.312. The van der Waals surface area contributed by atoms with Gasteiger partial charge in [-0.15, -0.1) is 0 Å². The van der Waals surface area contributed by atoms with Crippen LogP contribution < -0.4 is 15.5 Å². The van der Waals surface area contributed by atoms with E-state index < -0.39 is 11.8 Å². The minimum absolute atomic E-state index is 0.419. The zero-order valence-corrected chi connectivity index (χ0v) is 18.1. The molecule has 158 valence electrons. The van der Waals surface area contributed by atoms with E-state index in [1.807, 2.05) is 31.2 Å². The molecule has 0 aliphatic heterocycles. The topological polar surface area (TPSA) is 79.8 Å². The van der Waals surface area contributed by atoms with Crippen LogP contribution in [0.5, 0.6) is 5.75 Å². The summed E-state index contributed by atoms with van der Waals surface area (Å²) in [5.74, 6) is -1.05. The van der Waals surface area contributed by atoms with Crippen molar-refractivity contribution in [1.82, 2.24) is 5.43 Å². The molecule has 0 unspecified atom stereocenters. The Kier molecular flexibility index (Phi) is 7.65.